The van der Waals surface area contributed by atoms with Gasteiger partial charge < -0.3 is 10.0 Å². The Balaban J connectivity index is 2.29. The Morgan fingerprint density at radius 1 is 1.27 bits per heavy atom. The Labute approximate surface area is 123 Å². The third-order valence-corrected chi connectivity index (χ3v) is 3.80. The molecule has 0 spiro atoms. The van der Waals surface area contributed by atoms with Crippen molar-refractivity contribution in [3.05, 3.63) is 35.1 Å². The molecule has 2 rings (SSSR count). The fourth-order valence-corrected chi connectivity index (χ4v) is 2.55. The normalized spacial score (nSPS) is 22.0. The molecule has 1 aliphatic rings. The summed E-state index contributed by atoms with van der Waals surface area (Å²) >= 11 is 0. The number of aliphatic carboxylic acids is 1. The second-order valence-electron chi connectivity index (χ2n) is 5.38. The minimum absolute atomic E-state index is 0.0964. The first kappa shape index (κ1) is 16.3. The van der Waals surface area contributed by atoms with Crippen molar-refractivity contribution in [1.82, 2.24) is 4.90 Å². The van der Waals surface area contributed by atoms with Gasteiger partial charge in [-0.3, -0.25) is 9.59 Å². The number of halogens is 4. The van der Waals surface area contributed by atoms with Gasteiger partial charge in [-0.1, -0.05) is 0 Å². The molecule has 1 unspecified atom stereocenters. The monoisotopic (exact) mass is 319 g/mol. The minimum Gasteiger partial charge on any atom is -0.481 e. The quantitative estimate of drug-likeness (QED) is 0.853. The minimum atomic E-state index is -4.97. The van der Waals surface area contributed by atoms with E-state index in [0.29, 0.717) is 5.56 Å². The Morgan fingerprint density at radius 3 is 2.36 bits per heavy atom. The van der Waals surface area contributed by atoms with Gasteiger partial charge in [-0.25, -0.2) is 4.39 Å². The number of carboxylic acids is 1. The molecule has 0 radical (unpaired) electrons. The zero-order valence-electron chi connectivity index (χ0n) is 11.6. The molecule has 1 aliphatic heterocycles. The molecule has 0 aliphatic carbocycles. The van der Waals surface area contributed by atoms with Gasteiger partial charge in [-0.05, 0) is 37.1 Å². The third-order valence-electron chi connectivity index (χ3n) is 3.80. The molecule has 1 heterocycles. The average Bonchev–Trinajstić information content (AvgIpc) is 2.82. The summed E-state index contributed by atoms with van der Waals surface area (Å²) in [6.07, 6.45) is -5.68. The van der Waals surface area contributed by atoms with Crippen molar-refractivity contribution in [1.29, 1.82) is 0 Å². The highest BCUT2D eigenvalue weighted by molar-refractivity contribution is 5.95. The van der Waals surface area contributed by atoms with Crippen LogP contribution in [0.2, 0.25) is 0 Å². The van der Waals surface area contributed by atoms with Gasteiger partial charge >= 0.3 is 12.1 Å². The molecule has 1 aromatic rings. The fraction of sp³-hybridized carbons (Fsp3) is 0.429. The van der Waals surface area contributed by atoms with Crippen LogP contribution in [0.1, 0.15) is 22.3 Å². The van der Waals surface area contributed by atoms with Gasteiger partial charge in [0.05, 0.1) is 0 Å². The lowest BCUT2D eigenvalue weighted by Gasteiger charge is -2.27. The van der Waals surface area contributed by atoms with E-state index in [4.69, 9.17) is 5.11 Å². The first-order valence-corrected chi connectivity index (χ1v) is 6.43. The van der Waals surface area contributed by atoms with Crippen LogP contribution in [0.4, 0.5) is 17.6 Å². The van der Waals surface area contributed by atoms with Crippen LogP contribution in [0.3, 0.4) is 0 Å². The molecule has 1 atom stereocenters. The summed E-state index contributed by atoms with van der Waals surface area (Å²) in [6.45, 7) is 0.224. The number of alkyl halides is 3. The largest absolute Gasteiger partial charge is 0.481 e. The van der Waals surface area contributed by atoms with Crippen LogP contribution in [-0.2, 0) is 4.79 Å². The number of hydrogen-bond acceptors (Lipinski definition) is 2. The molecule has 8 heteroatoms. The summed E-state index contributed by atoms with van der Waals surface area (Å²) in [5.41, 5.74) is -2.62. The number of aryl methyl sites for hydroxylation is 1. The lowest BCUT2D eigenvalue weighted by molar-refractivity contribution is -0.227. The van der Waals surface area contributed by atoms with Crippen molar-refractivity contribution >= 4 is 11.9 Å². The number of rotatable bonds is 2. The van der Waals surface area contributed by atoms with Crippen molar-refractivity contribution < 1.29 is 32.3 Å². The maximum Gasteiger partial charge on any atom is 0.406 e. The number of carboxylic acid groups (broad SMARTS) is 1. The fourth-order valence-electron chi connectivity index (χ4n) is 2.55. The van der Waals surface area contributed by atoms with Crippen molar-refractivity contribution in [3.63, 3.8) is 0 Å². The Morgan fingerprint density at radius 2 is 1.91 bits per heavy atom. The van der Waals surface area contributed by atoms with E-state index in [2.05, 4.69) is 0 Å². The number of likely N-dealkylation sites (tertiary alicyclic amines) is 1. The molecule has 1 amide bonds. The summed E-state index contributed by atoms with van der Waals surface area (Å²) in [6, 6.07) is 3.45. The molecule has 120 valence electrons. The zero-order chi connectivity index (χ0) is 16.7. The van der Waals surface area contributed by atoms with Crippen LogP contribution >= 0.6 is 0 Å². The van der Waals surface area contributed by atoms with Crippen LogP contribution in [0.25, 0.3) is 0 Å². The summed E-state index contributed by atoms with van der Waals surface area (Å²) < 4.78 is 52.5. The predicted molar refractivity (Wildman–Crippen MR) is 67.8 cm³/mol. The molecular formula is C14H13F4NO3. The topological polar surface area (TPSA) is 57.6 Å². The van der Waals surface area contributed by atoms with Crippen molar-refractivity contribution in [2.45, 2.75) is 19.5 Å². The summed E-state index contributed by atoms with van der Waals surface area (Å²) in [5, 5.41) is 8.94. The highest BCUT2D eigenvalue weighted by atomic mass is 19.4. The number of hydrogen-bond donors (Lipinski definition) is 1. The molecule has 1 fully saturated rings. The molecule has 0 bridgehead atoms. The zero-order valence-corrected chi connectivity index (χ0v) is 11.6. The maximum absolute atomic E-state index is 13.3. The number of amides is 1. The number of carbonyl (C=O) groups is 2. The van der Waals surface area contributed by atoms with Crippen LogP contribution in [0.15, 0.2) is 18.2 Å². The van der Waals surface area contributed by atoms with Crippen molar-refractivity contribution in [2.75, 3.05) is 13.1 Å². The third kappa shape index (κ3) is 2.65. The van der Waals surface area contributed by atoms with Gasteiger partial charge in [0.1, 0.15) is 5.82 Å². The van der Waals surface area contributed by atoms with Gasteiger partial charge in [0.15, 0.2) is 5.41 Å². The van der Waals surface area contributed by atoms with Crippen LogP contribution in [0.5, 0.6) is 0 Å². The van der Waals surface area contributed by atoms with Crippen molar-refractivity contribution in [2.24, 2.45) is 5.41 Å². The number of nitrogens with zero attached hydrogens (tertiary/aromatic N) is 1. The van der Waals surface area contributed by atoms with Gasteiger partial charge in [0.25, 0.3) is 5.91 Å². The summed E-state index contributed by atoms with van der Waals surface area (Å²) in [4.78, 5) is 24.1. The van der Waals surface area contributed by atoms with E-state index < -0.39 is 42.3 Å². The van der Waals surface area contributed by atoms with E-state index in [9.17, 15) is 27.2 Å². The first-order chi connectivity index (χ1) is 10.1. The SMILES string of the molecule is Cc1cc(F)cc(C(=O)N2CCC(C(=O)O)(C(F)(F)F)C2)c1. The molecule has 4 nitrogen and oxygen atoms in total. The Kier molecular flexibility index (Phi) is 3.88. The predicted octanol–water partition coefficient (Wildman–Crippen LogP) is 2.61. The van der Waals surface area contributed by atoms with E-state index in [1.807, 2.05) is 0 Å². The Bertz CT molecular complexity index is 609. The summed E-state index contributed by atoms with van der Waals surface area (Å²) in [5.74, 6) is -3.50. The second kappa shape index (κ2) is 5.26. The number of carbonyl (C=O) groups excluding carboxylic acids is 1. The van der Waals surface area contributed by atoms with Gasteiger partial charge in [0, 0.05) is 18.7 Å². The van der Waals surface area contributed by atoms with Crippen LogP contribution in [-0.4, -0.2) is 41.1 Å². The first-order valence-electron chi connectivity index (χ1n) is 6.43. The summed E-state index contributed by atoms with van der Waals surface area (Å²) in [7, 11) is 0. The molecule has 0 saturated carbocycles. The van der Waals surface area contributed by atoms with Gasteiger partial charge in [-0.15, -0.1) is 0 Å². The van der Waals surface area contributed by atoms with Crippen LogP contribution in [0, 0.1) is 18.2 Å². The van der Waals surface area contributed by atoms with Gasteiger partial charge in [-0.2, -0.15) is 13.2 Å². The van der Waals surface area contributed by atoms with E-state index in [1.54, 1.807) is 6.92 Å². The van der Waals surface area contributed by atoms with Gasteiger partial charge in [0.2, 0.25) is 0 Å². The average molecular weight is 319 g/mol. The lowest BCUT2D eigenvalue weighted by Crippen LogP contribution is -2.47. The molecule has 1 N–H and O–H groups in total. The van der Waals surface area contributed by atoms with E-state index >= 15 is 0 Å². The Hall–Kier alpha value is -2.12. The molecule has 1 saturated heterocycles. The standard InChI is InChI=1S/C14H13F4NO3/c1-8-4-9(6-10(15)5-8)11(20)19-3-2-13(7-19,12(21)22)14(16,17)18/h4-6H,2-3,7H2,1H3,(H,21,22). The van der Waals surface area contributed by atoms with E-state index in [1.165, 1.54) is 12.1 Å². The molecule has 22 heavy (non-hydrogen) atoms. The molecule has 1 aromatic carbocycles. The second-order valence-corrected chi connectivity index (χ2v) is 5.38. The molecular weight excluding hydrogens is 306 g/mol. The van der Waals surface area contributed by atoms with E-state index in [-0.39, 0.29) is 12.1 Å². The maximum atomic E-state index is 13.3. The number of benzene rings is 1. The lowest BCUT2D eigenvalue weighted by atomic mass is 9.86. The smallest absolute Gasteiger partial charge is 0.406 e. The highest BCUT2D eigenvalue weighted by Crippen LogP contribution is 2.46. The molecule has 0 aromatic heterocycles. The van der Waals surface area contributed by atoms with Crippen molar-refractivity contribution in [3.8, 4) is 0 Å². The van der Waals surface area contributed by atoms with Crippen LogP contribution < -0.4 is 0 Å². The van der Waals surface area contributed by atoms with E-state index in [0.717, 1.165) is 11.0 Å². The highest BCUT2D eigenvalue weighted by Gasteiger charge is 2.64.